The van der Waals surface area contributed by atoms with E-state index in [4.69, 9.17) is 10.4 Å². The third-order valence-corrected chi connectivity index (χ3v) is 5.14. The molecule has 114 valence electrons. The molecule has 0 spiro atoms. The summed E-state index contributed by atoms with van der Waals surface area (Å²) in [5, 5.41) is 17.7. The van der Waals surface area contributed by atoms with E-state index in [1.165, 1.54) is 16.4 Å². The van der Waals surface area contributed by atoms with Gasteiger partial charge in [0.05, 0.1) is 16.5 Å². The van der Waals surface area contributed by atoms with Crippen molar-refractivity contribution >= 4 is 16.0 Å². The summed E-state index contributed by atoms with van der Waals surface area (Å²) in [5.74, 6) is -1.17. The third-order valence-electron chi connectivity index (χ3n) is 3.07. The van der Waals surface area contributed by atoms with Crippen molar-refractivity contribution in [2.75, 3.05) is 6.54 Å². The highest BCUT2D eigenvalue weighted by Gasteiger charge is 2.27. The minimum absolute atomic E-state index is 0.0416. The third kappa shape index (κ3) is 3.80. The van der Waals surface area contributed by atoms with Crippen LogP contribution in [0.15, 0.2) is 23.1 Å². The van der Waals surface area contributed by atoms with Crippen LogP contribution in [0.5, 0.6) is 0 Å². The van der Waals surface area contributed by atoms with Gasteiger partial charge < -0.3 is 5.11 Å². The first kappa shape index (κ1) is 17.1. The first-order valence-electron chi connectivity index (χ1n) is 6.44. The normalized spacial score (nSPS) is 11.6. The molecule has 0 amide bonds. The van der Waals surface area contributed by atoms with Gasteiger partial charge in [-0.15, -0.1) is 0 Å². The molecule has 0 aliphatic carbocycles. The molecule has 1 N–H and O–H groups in total. The van der Waals surface area contributed by atoms with Gasteiger partial charge in [0.2, 0.25) is 10.0 Å². The average Bonchev–Trinajstić information content (AvgIpc) is 2.38. The monoisotopic (exact) mass is 310 g/mol. The van der Waals surface area contributed by atoms with E-state index in [1.807, 2.05) is 6.07 Å². The van der Waals surface area contributed by atoms with Gasteiger partial charge in [0.15, 0.2) is 0 Å². The van der Waals surface area contributed by atoms with Crippen LogP contribution in [-0.2, 0) is 10.0 Å². The van der Waals surface area contributed by atoms with Crippen LogP contribution in [0.2, 0.25) is 0 Å². The Balaban J connectivity index is 3.32. The quantitative estimate of drug-likeness (QED) is 0.866. The highest BCUT2D eigenvalue weighted by molar-refractivity contribution is 7.89. The lowest BCUT2D eigenvalue weighted by atomic mass is 10.1. The Bertz CT molecular complexity index is 675. The number of benzene rings is 1. The SMILES string of the molecule is Cc1ccc(S(=O)(=O)N(CCC#N)C(C)C)cc1C(=O)O. The highest BCUT2D eigenvalue weighted by Crippen LogP contribution is 2.21. The van der Waals surface area contributed by atoms with Crippen LogP contribution in [0, 0.1) is 18.3 Å². The summed E-state index contributed by atoms with van der Waals surface area (Å²) in [7, 11) is -3.83. The largest absolute Gasteiger partial charge is 0.478 e. The van der Waals surface area contributed by atoms with Crippen molar-refractivity contribution in [2.24, 2.45) is 0 Å². The van der Waals surface area contributed by atoms with Gasteiger partial charge in [-0.05, 0) is 38.5 Å². The molecule has 7 heteroatoms. The first-order chi connectivity index (χ1) is 9.71. The molecule has 1 rings (SSSR count). The molecule has 0 saturated carbocycles. The van der Waals surface area contributed by atoms with E-state index < -0.39 is 16.0 Å². The minimum Gasteiger partial charge on any atom is -0.478 e. The zero-order valence-corrected chi connectivity index (χ0v) is 13.0. The Morgan fingerprint density at radius 2 is 2.05 bits per heavy atom. The van der Waals surface area contributed by atoms with Gasteiger partial charge in [0, 0.05) is 19.0 Å². The number of carboxylic acid groups (broad SMARTS) is 1. The Hall–Kier alpha value is -1.91. The maximum atomic E-state index is 12.6. The van der Waals surface area contributed by atoms with Gasteiger partial charge in [-0.3, -0.25) is 0 Å². The van der Waals surface area contributed by atoms with Crippen molar-refractivity contribution in [3.63, 3.8) is 0 Å². The molecular formula is C14H18N2O4S. The number of nitriles is 1. The van der Waals surface area contributed by atoms with Crippen LogP contribution < -0.4 is 0 Å². The molecule has 6 nitrogen and oxygen atoms in total. The fourth-order valence-corrected chi connectivity index (χ4v) is 3.61. The first-order valence-corrected chi connectivity index (χ1v) is 7.88. The molecule has 0 aromatic heterocycles. The van der Waals surface area contributed by atoms with Crippen molar-refractivity contribution in [3.05, 3.63) is 29.3 Å². The van der Waals surface area contributed by atoms with Gasteiger partial charge in [-0.2, -0.15) is 9.57 Å². The molecule has 1 aromatic rings. The molecule has 1 aromatic carbocycles. The number of hydrogen-bond donors (Lipinski definition) is 1. The zero-order valence-electron chi connectivity index (χ0n) is 12.2. The van der Waals surface area contributed by atoms with Gasteiger partial charge in [-0.25, -0.2) is 13.2 Å². The molecule has 0 saturated heterocycles. The van der Waals surface area contributed by atoms with E-state index in [2.05, 4.69) is 0 Å². The summed E-state index contributed by atoms with van der Waals surface area (Å²) in [6.07, 6.45) is 0.0784. The average molecular weight is 310 g/mol. The lowest BCUT2D eigenvalue weighted by Gasteiger charge is -2.25. The highest BCUT2D eigenvalue weighted by atomic mass is 32.2. The Kier molecular flexibility index (Phi) is 5.47. The summed E-state index contributed by atoms with van der Waals surface area (Å²) >= 11 is 0. The molecule has 0 heterocycles. The second-order valence-electron chi connectivity index (χ2n) is 4.90. The van der Waals surface area contributed by atoms with Gasteiger partial charge in [0.1, 0.15) is 0 Å². The van der Waals surface area contributed by atoms with Gasteiger partial charge >= 0.3 is 5.97 Å². The smallest absolute Gasteiger partial charge is 0.335 e. The molecule has 0 bridgehead atoms. The summed E-state index contributed by atoms with van der Waals surface area (Å²) < 4.78 is 26.4. The van der Waals surface area contributed by atoms with E-state index in [0.29, 0.717) is 5.56 Å². The molecule has 0 aliphatic heterocycles. The van der Waals surface area contributed by atoms with E-state index in [0.717, 1.165) is 6.07 Å². The second kappa shape index (κ2) is 6.70. The number of carboxylic acids is 1. The maximum absolute atomic E-state index is 12.6. The molecule has 0 atom stereocenters. The number of hydrogen-bond acceptors (Lipinski definition) is 4. The van der Waals surface area contributed by atoms with E-state index in [1.54, 1.807) is 20.8 Å². The van der Waals surface area contributed by atoms with Crippen molar-refractivity contribution < 1.29 is 18.3 Å². The molecular weight excluding hydrogens is 292 g/mol. The molecule has 21 heavy (non-hydrogen) atoms. The molecule has 0 fully saturated rings. The topological polar surface area (TPSA) is 98.5 Å². The van der Waals surface area contributed by atoms with Crippen LogP contribution >= 0.6 is 0 Å². The lowest BCUT2D eigenvalue weighted by Crippen LogP contribution is -2.37. The summed E-state index contributed by atoms with van der Waals surface area (Å²) in [6, 6.07) is 5.61. The number of carbonyl (C=O) groups is 1. The van der Waals surface area contributed by atoms with Crippen molar-refractivity contribution in [3.8, 4) is 6.07 Å². The number of nitrogens with zero attached hydrogens (tertiary/aromatic N) is 2. The maximum Gasteiger partial charge on any atom is 0.335 e. The molecule has 0 aliphatic rings. The number of aromatic carboxylic acids is 1. The van der Waals surface area contributed by atoms with Crippen LogP contribution in [0.4, 0.5) is 0 Å². The Morgan fingerprint density at radius 3 is 2.52 bits per heavy atom. The molecule has 0 radical (unpaired) electrons. The fourth-order valence-electron chi connectivity index (χ4n) is 1.94. The Labute approximate surface area is 124 Å². The van der Waals surface area contributed by atoms with Crippen LogP contribution in [0.3, 0.4) is 0 Å². The lowest BCUT2D eigenvalue weighted by molar-refractivity contribution is 0.0696. The standard InChI is InChI=1S/C14H18N2O4S/c1-10(2)16(8-4-7-15)21(19,20)12-6-5-11(3)13(9-12)14(17)18/h5-6,9-10H,4,8H2,1-3H3,(H,17,18). The van der Waals surface area contributed by atoms with E-state index >= 15 is 0 Å². The fraction of sp³-hybridized carbons (Fsp3) is 0.429. The Morgan fingerprint density at radius 1 is 1.43 bits per heavy atom. The summed E-state index contributed by atoms with van der Waals surface area (Å²) in [4.78, 5) is 11.1. The summed E-state index contributed by atoms with van der Waals surface area (Å²) in [5.41, 5.74) is 0.453. The van der Waals surface area contributed by atoms with Crippen molar-refractivity contribution in [1.29, 1.82) is 5.26 Å². The van der Waals surface area contributed by atoms with E-state index in [-0.39, 0.29) is 29.5 Å². The van der Waals surface area contributed by atoms with Crippen molar-refractivity contribution in [1.82, 2.24) is 4.31 Å². The predicted molar refractivity (Wildman–Crippen MR) is 77.4 cm³/mol. The van der Waals surface area contributed by atoms with Crippen LogP contribution in [-0.4, -0.2) is 36.4 Å². The summed E-state index contributed by atoms with van der Waals surface area (Å²) in [6.45, 7) is 5.10. The van der Waals surface area contributed by atoms with Crippen LogP contribution in [0.1, 0.15) is 36.2 Å². The van der Waals surface area contributed by atoms with Gasteiger partial charge in [0.25, 0.3) is 0 Å². The minimum atomic E-state index is -3.83. The van der Waals surface area contributed by atoms with E-state index in [9.17, 15) is 13.2 Å². The van der Waals surface area contributed by atoms with Crippen LogP contribution in [0.25, 0.3) is 0 Å². The number of rotatable bonds is 6. The van der Waals surface area contributed by atoms with Crippen molar-refractivity contribution in [2.45, 2.75) is 38.1 Å². The predicted octanol–water partition coefficient (Wildman–Crippen LogP) is 2.01. The second-order valence-corrected chi connectivity index (χ2v) is 6.79. The van der Waals surface area contributed by atoms with Gasteiger partial charge in [-0.1, -0.05) is 6.07 Å². The molecule has 0 unspecified atom stereocenters. The number of aryl methyl sites for hydroxylation is 1. The number of sulfonamides is 1. The zero-order chi connectivity index (χ0) is 16.2.